The van der Waals surface area contributed by atoms with E-state index < -0.39 is 11.5 Å². The van der Waals surface area contributed by atoms with Gasteiger partial charge in [-0.05, 0) is 24.3 Å². The van der Waals surface area contributed by atoms with E-state index in [1.165, 1.54) is 7.11 Å². The Morgan fingerprint density at radius 1 is 1.41 bits per heavy atom. The summed E-state index contributed by atoms with van der Waals surface area (Å²) in [5, 5.41) is 0.565. The van der Waals surface area contributed by atoms with Gasteiger partial charge in [0.25, 0.3) is 5.91 Å². The van der Waals surface area contributed by atoms with Crippen molar-refractivity contribution < 1.29 is 19.1 Å². The van der Waals surface area contributed by atoms with Crippen LogP contribution in [0.5, 0.6) is 0 Å². The Kier molecular flexibility index (Phi) is 5.39. The molecule has 1 fully saturated rings. The molecule has 0 saturated carbocycles. The molecule has 0 spiro atoms. The van der Waals surface area contributed by atoms with Crippen molar-refractivity contribution in [3.63, 3.8) is 0 Å². The van der Waals surface area contributed by atoms with Crippen molar-refractivity contribution in [3.8, 4) is 0 Å². The van der Waals surface area contributed by atoms with Gasteiger partial charge in [-0.3, -0.25) is 9.59 Å². The lowest BCUT2D eigenvalue weighted by Gasteiger charge is -2.33. The Hall–Kier alpha value is -1.63. The first-order valence-electron chi connectivity index (χ1n) is 6.92. The van der Waals surface area contributed by atoms with E-state index in [2.05, 4.69) is 0 Å². The Bertz CT molecular complexity index is 549. The van der Waals surface area contributed by atoms with Gasteiger partial charge in [-0.15, -0.1) is 0 Å². The number of carbonyl (C=O) groups excluding carboxylic acids is 2. The predicted octanol–water partition coefficient (Wildman–Crippen LogP) is 1.07. The molecule has 1 aromatic carbocycles. The lowest BCUT2D eigenvalue weighted by Crippen LogP contribution is -2.50. The number of carbonyl (C=O) groups is 2. The highest BCUT2D eigenvalue weighted by Crippen LogP contribution is 2.22. The summed E-state index contributed by atoms with van der Waals surface area (Å²) in [5.41, 5.74) is 4.90. The fourth-order valence-electron chi connectivity index (χ4n) is 2.47. The number of hydrogen-bond acceptors (Lipinski definition) is 4. The van der Waals surface area contributed by atoms with E-state index in [1.807, 2.05) is 0 Å². The van der Waals surface area contributed by atoms with E-state index in [4.69, 9.17) is 26.8 Å². The number of nitrogens with two attached hydrogens (primary N) is 1. The Morgan fingerprint density at radius 3 is 2.68 bits per heavy atom. The normalized spacial score (nSPS) is 22.2. The van der Waals surface area contributed by atoms with Gasteiger partial charge in [0.15, 0.2) is 0 Å². The third kappa shape index (κ3) is 3.97. The first-order chi connectivity index (χ1) is 10.5. The van der Waals surface area contributed by atoms with Crippen LogP contribution < -0.4 is 5.73 Å². The zero-order chi connectivity index (χ0) is 16.2. The second-order valence-corrected chi connectivity index (χ2v) is 5.75. The summed E-state index contributed by atoms with van der Waals surface area (Å²) >= 11 is 5.84. The number of hydrogen-bond donors (Lipinski definition) is 1. The molecule has 0 aliphatic carbocycles. The monoisotopic (exact) mass is 326 g/mol. The number of rotatable bonds is 4. The minimum Gasteiger partial charge on any atom is -0.377 e. The molecule has 0 aromatic heterocycles. The Morgan fingerprint density at radius 2 is 2.09 bits per heavy atom. The minimum atomic E-state index is -0.912. The van der Waals surface area contributed by atoms with Gasteiger partial charge >= 0.3 is 0 Å². The molecule has 1 atom stereocenters. The molecule has 0 radical (unpaired) electrons. The molecule has 120 valence electrons. The molecule has 1 aromatic rings. The van der Waals surface area contributed by atoms with E-state index in [1.54, 1.807) is 29.2 Å². The first-order valence-corrected chi connectivity index (χ1v) is 7.30. The summed E-state index contributed by atoms with van der Waals surface area (Å²) in [4.78, 5) is 25.5. The average Bonchev–Trinajstić information content (AvgIpc) is 2.70. The molecule has 2 amide bonds. The van der Waals surface area contributed by atoms with Gasteiger partial charge in [-0.25, -0.2) is 0 Å². The molecule has 22 heavy (non-hydrogen) atoms. The van der Waals surface area contributed by atoms with Crippen LogP contribution in [0.3, 0.4) is 0 Å². The van der Waals surface area contributed by atoms with E-state index >= 15 is 0 Å². The van der Waals surface area contributed by atoms with Crippen molar-refractivity contribution in [2.24, 2.45) is 5.73 Å². The van der Waals surface area contributed by atoms with Crippen LogP contribution in [0, 0.1) is 0 Å². The maximum absolute atomic E-state index is 12.6. The number of benzene rings is 1. The zero-order valence-electron chi connectivity index (χ0n) is 12.4. The summed E-state index contributed by atoms with van der Waals surface area (Å²) in [7, 11) is 1.49. The quantitative estimate of drug-likeness (QED) is 0.897. The number of nitrogens with zero attached hydrogens (tertiary/aromatic N) is 1. The van der Waals surface area contributed by atoms with Crippen molar-refractivity contribution in [1.29, 1.82) is 0 Å². The van der Waals surface area contributed by atoms with Crippen LogP contribution in [0.1, 0.15) is 16.8 Å². The SMILES string of the molecule is CO[C@@]1(CC(N)=O)COCCN(C(=O)c2ccc(Cl)cc2)C1. The van der Waals surface area contributed by atoms with Crippen LogP contribution in [0.4, 0.5) is 0 Å². The average molecular weight is 327 g/mol. The van der Waals surface area contributed by atoms with E-state index in [9.17, 15) is 9.59 Å². The lowest BCUT2D eigenvalue weighted by atomic mass is 9.99. The molecule has 1 aliphatic heterocycles. The van der Waals surface area contributed by atoms with Crippen LogP contribution in [0.2, 0.25) is 5.02 Å². The number of ether oxygens (including phenoxy) is 2. The van der Waals surface area contributed by atoms with Crippen molar-refractivity contribution in [2.75, 3.05) is 33.4 Å². The van der Waals surface area contributed by atoms with E-state index in [-0.39, 0.29) is 25.5 Å². The molecule has 2 N–H and O–H groups in total. The molecular weight excluding hydrogens is 308 g/mol. The van der Waals surface area contributed by atoms with Gasteiger partial charge in [-0.1, -0.05) is 11.6 Å². The first kappa shape index (κ1) is 16.7. The highest BCUT2D eigenvalue weighted by molar-refractivity contribution is 6.30. The fraction of sp³-hybridized carbons (Fsp3) is 0.467. The predicted molar refractivity (Wildman–Crippen MR) is 81.7 cm³/mol. The van der Waals surface area contributed by atoms with Crippen molar-refractivity contribution in [2.45, 2.75) is 12.0 Å². The Balaban J connectivity index is 2.20. The summed E-state index contributed by atoms with van der Waals surface area (Å²) < 4.78 is 11.0. The maximum Gasteiger partial charge on any atom is 0.254 e. The molecule has 0 unspecified atom stereocenters. The van der Waals surface area contributed by atoms with Crippen LogP contribution in [-0.2, 0) is 14.3 Å². The number of halogens is 1. The largest absolute Gasteiger partial charge is 0.377 e. The van der Waals surface area contributed by atoms with Gasteiger partial charge in [0.05, 0.1) is 26.2 Å². The van der Waals surface area contributed by atoms with E-state index in [0.717, 1.165) is 0 Å². The van der Waals surface area contributed by atoms with Gasteiger partial charge in [0.2, 0.25) is 5.91 Å². The van der Waals surface area contributed by atoms with Crippen LogP contribution in [0.25, 0.3) is 0 Å². The molecule has 1 aliphatic rings. The van der Waals surface area contributed by atoms with Crippen molar-refractivity contribution in [1.82, 2.24) is 4.90 Å². The van der Waals surface area contributed by atoms with Gasteiger partial charge in [-0.2, -0.15) is 0 Å². The third-order valence-corrected chi connectivity index (χ3v) is 3.91. The van der Waals surface area contributed by atoms with Crippen molar-refractivity contribution >= 4 is 23.4 Å². The highest BCUT2D eigenvalue weighted by atomic mass is 35.5. The zero-order valence-corrected chi connectivity index (χ0v) is 13.1. The molecule has 0 bridgehead atoms. The fourth-order valence-corrected chi connectivity index (χ4v) is 2.60. The highest BCUT2D eigenvalue weighted by Gasteiger charge is 2.38. The van der Waals surface area contributed by atoms with Gasteiger partial charge in [0.1, 0.15) is 5.60 Å². The molecule has 1 heterocycles. The number of methoxy groups -OCH3 is 1. The summed E-state index contributed by atoms with van der Waals surface area (Å²) in [6.07, 6.45) is -0.00605. The topological polar surface area (TPSA) is 81.9 Å². The molecular formula is C15H19ClN2O4. The summed E-state index contributed by atoms with van der Waals surface area (Å²) in [6.45, 7) is 1.26. The van der Waals surface area contributed by atoms with Crippen LogP contribution >= 0.6 is 11.6 Å². The number of amides is 2. The standard InChI is InChI=1S/C15H19ClN2O4/c1-21-15(8-13(17)19)9-18(6-7-22-10-15)14(20)11-2-4-12(16)5-3-11/h2-5H,6-10H2,1H3,(H2,17,19)/t15-/m1/s1. The molecule has 6 nitrogen and oxygen atoms in total. The summed E-state index contributed by atoms with van der Waals surface area (Å²) in [6, 6.07) is 6.66. The van der Waals surface area contributed by atoms with Crippen LogP contribution in [-0.4, -0.2) is 55.7 Å². The second-order valence-electron chi connectivity index (χ2n) is 5.32. The maximum atomic E-state index is 12.6. The lowest BCUT2D eigenvalue weighted by molar-refractivity contribution is -0.129. The smallest absolute Gasteiger partial charge is 0.254 e. The van der Waals surface area contributed by atoms with Crippen LogP contribution in [0.15, 0.2) is 24.3 Å². The second kappa shape index (κ2) is 7.09. The van der Waals surface area contributed by atoms with Gasteiger partial charge in [0, 0.05) is 24.2 Å². The molecule has 1 saturated heterocycles. The minimum absolute atomic E-state index is 0.00605. The van der Waals surface area contributed by atoms with Gasteiger partial charge < -0.3 is 20.1 Å². The third-order valence-electron chi connectivity index (χ3n) is 3.66. The Labute approximate surface area is 134 Å². The van der Waals surface area contributed by atoms with E-state index in [0.29, 0.717) is 23.7 Å². The van der Waals surface area contributed by atoms with Crippen molar-refractivity contribution in [3.05, 3.63) is 34.9 Å². The molecule has 7 heteroatoms. The number of primary amides is 1. The molecule has 2 rings (SSSR count). The summed E-state index contributed by atoms with van der Waals surface area (Å²) in [5.74, 6) is -0.653.